The molecule has 0 unspecified atom stereocenters. The molecule has 0 fully saturated rings. The molecule has 0 spiro atoms. The van der Waals surface area contributed by atoms with E-state index >= 15 is 0 Å². The van der Waals surface area contributed by atoms with E-state index in [9.17, 15) is 28.2 Å². The Kier molecular flexibility index (Phi) is 8.61. The smallest absolute Gasteiger partial charge is 0.726 e. The van der Waals surface area contributed by atoms with Crippen molar-refractivity contribution in [2.45, 2.75) is 0 Å². The van der Waals surface area contributed by atoms with Gasteiger partial charge in [0.15, 0.2) is 0 Å². The Hall–Kier alpha value is -0.404. The molecule has 1 rings (SSSR count). The first-order chi connectivity index (χ1) is 8.79. The molecule has 0 aliphatic heterocycles. The summed E-state index contributed by atoms with van der Waals surface area (Å²) < 4.78 is 34.2. The number of aliphatic imine (C=N–C) groups is 1. The monoisotopic (exact) mass is 328 g/mol. The van der Waals surface area contributed by atoms with Gasteiger partial charge in [-0.2, -0.15) is 0 Å². The van der Waals surface area contributed by atoms with Crippen LogP contribution in [0.3, 0.4) is 0 Å². The summed E-state index contributed by atoms with van der Waals surface area (Å²) in [6, 6.07) is 3.36. The topological polar surface area (TPSA) is 142 Å². The van der Waals surface area contributed by atoms with Crippen LogP contribution in [0.2, 0.25) is 0 Å². The van der Waals surface area contributed by atoms with Gasteiger partial charge in [-0.05, 0) is 6.07 Å². The van der Waals surface area contributed by atoms with Gasteiger partial charge >= 0.3 is 51.4 Å². The Morgan fingerprint density at radius 1 is 1.45 bits per heavy atom. The third-order valence-electron chi connectivity index (χ3n) is 1.90. The molecule has 0 aliphatic carbocycles. The number of nitro groups is 1. The maximum atomic E-state index is 10.5. The molecule has 1 aromatic carbocycles. The van der Waals surface area contributed by atoms with E-state index < -0.39 is 21.9 Å². The van der Waals surface area contributed by atoms with Gasteiger partial charge in [-0.1, -0.05) is 0 Å². The van der Waals surface area contributed by atoms with Crippen molar-refractivity contribution >= 4 is 22.3 Å². The van der Waals surface area contributed by atoms with E-state index in [1.807, 2.05) is 0 Å². The zero-order chi connectivity index (χ0) is 14.5. The number of nitrogens with zero attached hydrogens (tertiary/aromatic N) is 2. The van der Waals surface area contributed by atoms with Gasteiger partial charge in [-0.25, -0.2) is 8.42 Å². The summed E-state index contributed by atoms with van der Waals surface area (Å²) in [7, 11) is -4.76. The summed E-state index contributed by atoms with van der Waals surface area (Å²) in [6.45, 7) is -0.596. The first-order valence-corrected chi connectivity index (χ1v) is 6.20. The molecular weight excluding hydrogens is 319 g/mol. The predicted octanol–water partition coefficient (Wildman–Crippen LogP) is -2.80. The van der Waals surface area contributed by atoms with Crippen LogP contribution in [0, 0.1) is 10.1 Å². The molecule has 0 saturated heterocycles. The van der Waals surface area contributed by atoms with Gasteiger partial charge in [0.05, 0.1) is 18.1 Å². The second kappa shape index (κ2) is 8.79. The van der Waals surface area contributed by atoms with Gasteiger partial charge in [-0.3, -0.25) is 19.3 Å². The van der Waals surface area contributed by atoms with E-state index in [1.54, 1.807) is 0 Å². The van der Waals surface area contributed by atoms with Crippen molar-refractivity contribution in [3.05, 3.63) is 33.9 Å². The molecule has 104 valence electrons. The van der Waals surface area contributed by atoms with Crippen LogP contribution in [0.5, 0.6) is 5.75 Å². The van der Waals surface area contributed by atoms with Crippen LogP contribution >= 0.6 is 0 Å². The normalized spacial score (nSPS) is 11.2. The zero-order valence-electron chi connectivity index (χ0n) is 10.4. The molecule has 0 saturated carbocycles. The first kappa shape index (κ1) is 19.6. The molecule has 0 amide bonds. The summed E-state index contributed by atoms with van der Waals surface area (Å²) in [5.41, 5.74) is -0.128. The Labute approximate surface area is 157 Å². The molecule has 20 heavy (non-hydrogen) atoms. The minimum atomic E-state index is -4.76. The molecule has 0 heterocycles. The third-order valence-corrected chi connectivity index (χ3v) is 2.36. The molecule has 0 atom stereocenters. The molecule has 1 aromatic rings. The van der Waals surface area contributed by atoms with Crippen LogP contribution < -0.4 is 51.4 Å². The molecular formula is C9H9KN2O7S. The Morgan fingerprint density at radius 3 is 2.65 bits per heavy atom. The van der Waals surface area contributed by atoms with Gasteiger partial charge in [0.1, 0.15) is 5.75 Å². The molecule has 1 N–H and O–H groups in total. The van der Waals surface area contributed by atoms with Crippen LogP contribution in [0.4, 0.5) is 5.69 Å². The zero-order valence-corrected chi connectivity index (χ0v) is 14.4. The van der Waals surface area contributed by atoms with Crippen molar-refractivity contribution in [1.29, 1.82) is 0 Å². The SMILES string of the molecule is O=[N+]([O-])c1ccc(O)c(C=NCCOS(=O)(=O)[O-])c1.[K+]. The van der Waals surface area contributed by atoms with Gasteiger partial charge in [0, 0.05) is 23.9 Å². The predicted molar refractivity (Wildman–Crippen MR) is 62.9 cm³/mol. The van der Waals surface area contributed by atoms with E-state index in [2.05, 4.69) is 9.18 Å². The maximum absolute atomic E-state index is 10.5. The number of non-ortho nitro benzene ring substituents is 1. The molecule has 9 nitrogen and oxygen atoms in total. The van der Waals surface area contributed by atoms with Crippen LogP contribution in [-0.4, -0.2) is 42.4 Å². The Morgan fingerprint density at radius 2 is 2.10 bits per heavy atom. The second-order valence-electron chi connectivity index (χ2n) is 3.27. The third kappa shape index (κ3) is 7.40. The van der Waals surface area contributed by atoms with Gasteiger partial charge in [0.25, 0.3) is 5.69 Å². The van der Waals surface area contributed by atoms with Crippen molar-refractivity contribution in [3.8, 4) is 5.75 Å². The Bertz CT molecular complexity index is 602. The van der Waals surface area contributed by atoms with Crippen LogP contribution in [0.25, 0.3) is 0 Å². The van der Waals surface area contributed by atoms with Crippen molar-refractivity contribution in [1.82, 2.24) is 0 Å². The van der Waals surface area contributed by atoms with Gasteiger partial charge < -0.3 is 9.66 Å². The number of hydrogen-bond donors (Lipinski definition) is 1. The first-order valence-electron chi connectivity index (χ1n) is 4.87. The number of nitro benzene ring substituents is 1. The molecule has 0 radical (unpaired) electrons. The fourth-order valence-electron chi connectivity index (χ4n) is 1.11. The number of benzene rings is 1. The fourth-order valence-corrected chi connectivity index (χ4v) is 1.39. The second-order valence-corrected chi connectivity index (χ2v) is 4.32. The molecule has 0 bridgehead atoms. The number of phenolic OH excluding ortho intramolecular Hbond substituents is 1. The van der Waals surface area contributed by atoms with E-state index in [-0.39, 0.29) is 74.9 Å². The van der Waals surface area contributed by atoms with Crippen LogP contribution in [0.15, 0.2) is 23.2 Å². The quantitative estimate of drug-likeness (QED) is 0.113. The summed E-state index contributed by atoms with van der Waals surface area (Å²) in [6.07, 6.45) is 1.11. The number of hydrogen-bond acceptors (Lipinski definition) is 8. The molecule has 0 aliphatic rings. The maximum Gasteiger partial charge on any atom is 1.00 e. The number of aromatic hydroxyl groups is 1. The molecule has 11 heteroatoms. The van der Waals surface area contributed by atoms with Crippen molar-refractivity contribution < 1.29 is 78.6 Å². The van der Waals surface area contributed by atoms with E-state index in [4.69, 9.17) is 0 Å². The Balaban J connectivity index is 0.00000361. The largest absolute Gasteiger partial charge is 1.00 e. The molecule has 0 aromatic heterocycles. The van der Waals surface area contributed by atoms with Crippen molar-refractivity contribution in [2.75, 3.05) is 13.2 Å². The average molecular weight is 328 g/mol. The van der Waals surface area contributed by atoms with Crippen molar-refractivity contribution in [3.63, 3.8) is 0 Å². The summed E-state index contributed by atoms with van der Waals surface area (Å²) >= 11 is 0. The summed E-state index contributed by atoms with van der Waals surface area (Å²) in [4.78, 5) is 13.5. The number of phenols is 1. The standard InChI is InChI=1S/C9H10N2O7S.K/c12-9-2-1-8(11(13)14)5-7(9)6-10-3-4-18-19(15,16)17;/h1-2,5-6,12H,3-4H2,(H,15,16,17);/q;+1/p-1. The average Bonchev–Trinajstić information content (AvgIpc) is 2.29. The van der Waals surface area contributed by atoms with Crippen LogP contribution in [0.1, 0.15) is 5.56 Å². The fraction of sp³-hybridized carbons (Fsp3) is 0.222. The van der Waals surface area contributed by atoms with Gasteiger partial charge in [0.2, 0.25) is 10.4 Å². The minimum absolute atomic E-state index is 0. The number of rotatable bonds is 6. The summed E-state index contributed by atoms with van der Waals surface area (Å²) in [5, 5.41) is 19.9. The van der Waals surface area contributed by atoms with Crippen LogP contribution in [-0.2, 0) is 14.6 Å². The van der Waals surface area contributed by atoms with E-state index in [0.717, 1.165) is 24.4 Å². The van der Waals surface area contributed by atoms with E-state index in [0.29, 0.717) is 0 Å². The minimum Gasteiger partial charge on any atom is -0.726 e. The van der Waals surface area contributed by atoms with Crippen molar-refractivity contribution in [2.24, 2.45) is 4.99 Å². The summed E-state index contributed by atoms with van der Waals surface area (Å²) in [5.74, 6) is -0.216. The van der Waals surface area contributed by atoms with E-state index in [1.165, 1.54) is 0 Å². The van der Waals surface area contributed by atoms with Gasteiger partial charge in [-0.15, -0.1) is 0 Å².